The molecular weight excluding hydrogens is 328 g/mol. The molecule has 0 saturated heterocycles. The van der Waals surface area contributed by atoms with Gasteiger partial charge in [0.1, 0.15) is 5.75 Å². The van der Waals surface area contributed by atoms with Crippen molar-refractivity contribution < 1.29 is 9.66 Å². The van der Waals surface area contributed by atoms with Crippen molar-refractivity contribution in [1.82, 2.24) is 0 Å². The molecule has 1 N–H and O–H groups in total. The van der Waals surface area contributed by atoms with Crippen LogP contribution in [0.3, 0.4) is 0 Å². The molecular formula is C21H22N2O3. The Morgan fingerprint density at radius 1 is 1.12 bits per heavy atom. The van der Waals surface area contributed by atoms with Crippen LogP contribution in [-0.2, 0) is 0 Å². The topological polar surface area (TPSA) is 64.4 Å². The van der Waals surface area contributed by atoms with Crippen LogP contribution in [0.1, 0.15) is 42.3 Å². The molecule has 2 fully saturated rings. The van der Waals surface area contributed by atoms with Crippen LogP contribution in [0.5, 0.6) is 5.75 Å². The number of methoxy groups -OCH3 is 1. The lowest BCUT2D eigenvalue weighted by Crippen LogP contribution is -2.35. The van der Waals surface area contributed by atoms with Gasteiger partial charge in [-0.2, -0.15) is 0 Å². The lowest BCUT2D eigenvalue weighted by atomic mass is 9.68. The molecule has 26 heavy (non-hydrogen) atoms. The first kappa shape index (κ1) is 15.7. The van der Waals surface area contributed by atoms with Gasteiger partial charge in [0.2, 0.25) is 0 Å². The van der Waals surface area contributed by atoms with Gasteiger partial charge < -0.3 is 10.1 Å². The second-order valence-electron chi connectivity index (χ2n) is 7.83. The van der Waals surface area contributed by atoms with E-state index < -0.39 is 0 Å². The Morgan fingerprint density at radius 3 is 2.73 bits per heavy atom. The van der Waals surface area contributed by atoms with Gasteiger partial charge in [0.15, 0.2) is 0 Å². The standard InChI is InChI=1S/C21H22N2O3/c1-26-18-5-3-2-4-15(18)21-20-13-7-6-12(10-13)19(20)16-11-14(23(24)25)8-9-17(16)22-21/h2-5,8-9,11-13,19-22H,6-7,10H2,1H3/t12-,13-,19-,20-,21-/m0/s1. The SMILES string of the molecule is COc1ccccc1[C@@H]1Nc2ccc([N+](=O)[O-])cc2[C@@H]2[C@H]3CC[C@@H](C3)[C@@H]21. The summed E-state index contributed by atoms with van der Waals surface area (Å²) in [6.45, 7) is 0. The van der Waals surface area contributed by atoms with E-state index >= 15 is 0 Å². The Kier molecular flexibility index (Phi) is 3.45. The third-order valence-corrected chi connectivity index (χ3v) is 6.76. The summed E-state index contributed by atoms with van der Waals surface area (Å²) in [5, 5.41) is 15.0. The molecule has 5 heteroatoms. The van der Waals surface area contributed by atoms with Crippen molar-refractivity contribution in [2.45, 2.75) is 31.2 Å². The predicted octanol–water partition coefficient (Wildman–Crippen LogP) is 4.90. The molecule has 5 rings (SSSR count). The molecule has 2 saturated carbocycles. The second kappa shape index (κ2) is 5.73. The number of rotatable bonds is 3. The van der Waals surface area contributed by atoms with Gasteiger partial charge in [0.25, 0.3) is 5.69 Å². The van der Waals surface area contributed by atoms with E-state index in [4.69, 9.17) is 4.74 Å². The van der Waals surface area contributed by atoms with Crippen molar-refractivity contribution in [2.75, 3.05) is 12.4 Å². The maximum Gasteiger partial charge on any atom is 0.269 e. The van der Waals surface area contributed by atoms with Gasteiger partial charge in [0.05, 0.1) is 18.1 Å². The molecule has 5 nitrogen and oxygen atoms in total. The molecule has 0 radical (unpaired) electrons. The van der Waals surface area contributed by atoms with Crippen LogP contribution in [0.4, 0.5) is 11.4 Å². The van der Waals surface area contributed by atoms with Crippen LogP contribution in [-0.4, -0.2) is 12.0 Å². The number of para-hydroxylation sites is 1. The van der Waals surface area contributed by atoms with Crippen LogP contribution < -0.4 is 10.1 Å². The van der Waals surface area contributed by atoms with Crippen molar-refractivity contribution in [3.63, 3.8) is 0 Å². The highest BCUT2D eigenvalue weighted by Gasteiger charge is 2.54. The van der Waals surface area contributed by atoms with E-state index in [1.54, 1.807) is 19.2 Å². The molecule has 0 unspecified atom stereocenters. The van der Waals surface area contributed by atoms with Crippen molar-refractivity contribution in [3.8, 4) is 5.75 Å². The van der Waals surface area contributed by atoms with Crippen LogP contribution in [0.25, 0.3) is 0 Å². The van der Waals surface area contributed by atoms with E-state index in [9.17, 15) is 10.1 Å². The quantitative estimate of drug-likeness (QED) is 0.632. The molecule has 2 aromatic carbocycles. The summed E-state index contributed by atoms with van der Waals surface area (Å²) in [5.41, 5.74) is 3.58. The Morgan fingerprint density at radius 2 is 1.92 bits per heavy atom. The molecule has 2 aliphatic carbocycles. The molecule has 2 bridgehead atoms. The summed E-state index contributed by atoms with van der Waals surface area (Å²) < 4.78 is 5.64. The highest BCUT2D eigenvalue weighted by Crippen LogP contribution is 2.64. The summed E-state index contributed by atoms with van der Waals surface area (Å²) in [6, 6.07) is 13.7. The summed E-state index contributed by atoms with van der Waals surface area (Å²) in [5.74, 6) is 3.11. The number of anilines is 1. The molecule has 3 aliphatic rings. The van der Waals surface area contributed by atoms with E-state index in [2.05, 4.69) is 17.4 Å². The van der Waals surface area contributed by atoms with Crippen LogP contribution >= 0.6 is 0 Å². The van der Waals surface area contributed by atoms with Gasteiger partial charge in [-0.3, -0.25) is 10.1 Å². The number of nitrogens with one attached hydrogen (secondary N) is 1. The smallest absolute Gasteiger partial charge is 0.269 e. The number of hydrogen-bond acceptors (Lipinski definition) is 4. The zero-order valence-electron chi connectivity index (χ0n) is 14.7. The van der Waals surface area contributed by atoms with Gasteiger partial charge >= 0.3 is 0 Å². The Balaban J connectivity index is 1.65. The average molecular weight is 350 g/mol. The number of nitrogens with zero attached hydrogens (tertiary/aromatic N) is 1. The van der Waals surface area contributed by atoms with Crippen molar-refractivity contribution >= 4 is 11.4 Å². The Labute approximate surface area is 152 Å². The largest absolute Gasteiger partial charge is 0.496 e. The molecule has 134 valence electrons. The number of non-ortho nitro benzene ring substituents is 1. The molecule has 0 aromatic heterocycles. The fraction of sp³-hybridized carbons (Fsp3) is 0.429. The van der Waals surface area contributed by atoms with Gasteiger partial charge in [-0.1, -0.05) is 18.2 Å². The van der Waals surface area contributed by atoms with E-state index in [0.717, 1.165) is 17.0 Å². The number of benzene rings is 2. The van der Waals surface area contributed by atoms with Crippen LogP contribution in [0, 0.1) is 27.9 Å². The molecule has 0 spiro atoms. The van der Waals surface area contributed by atoms with E-state index in [-0.39, 0.29) is 16.7 Å². The van der Waals surface area contributed by atoms with Crippen molar-refractivity contribution in [3.05, 3.63) is 63.7 Å². The number of nitro groups is 1. The minimum Gasteiger partial charge on any atom is -0.496 e. The van der Waals surface area contributed by atoms with E-state index in [1.165, 1.54) is 24.8 Å². The normalized spacial score (nSPS) is 31.0. The minimum atomic E-state index is -0.283. The Hall–Kier alpha value is -2.56. The third kappa shape index (κ3) is 2.16. The lowest BCUT2D eigenvalue weighted by molar-refractivity contribution is -0.384. The molecule has 1 heterocycles. The molecule has 0 amide bonds. The second-order valence-corrected chi connectivity index (χ2v) is 7.83. The summed E-state index contributed by atoms with van der Waals surface area (Å²) in [7, 11) is 1.72. The van der Waals surface area contributed by atoms with E-state index in [0.29, 0.717) is 23.7 Å². The van der Waals surface area contributed by atoms with E-state index in [1.807, 2.05) is 18.2 Å². The summed E-state index contributed by atoms with van der Waals surface area (Å²) in [6.07, 6.45) is 3.75. The van der Waals surface area contributed by atoms with Crippen LogP contribution in [0.2, 0.25) is 0 Å². The molecule has 1 aliphatic heterocycles. The fourth-order valence-corrected chi connectivity index (χ4v) is 5.82. The first-order chi connectivity index (χ1) is 12.7. The Bertz CT molecular complexity index is 881. The number of nitro benzene ring substituents is 1. The summed E-state index contributed by atoms with van der Waals surface area (Å²) >= 11 is 0. The maximum absolute atomic E-state index is 11.3. The number of fused-ring (bicyclic) bond motifs is 7. The van der Waals surface area contributed by atoms with Gasteiger partial charge in [-0.25, -0.2) is 0 Å². The third-order valence-electron chi connectivity index (χ3n) is 6.76. The first-order valence-electron chi connectivity index (χ1n) is 9.35. The highest BCUT2D eigenvalue weighted by molar-refractivity contribution is 5.63. The average Bonchev–Trinajstić information content (AvgIpc) is 3.29. The summed E-state index contributed by atoms with van der Waals surface area (Å²) in [4.78, 5) is 11.0. The monoisotopic (exact) mass is 350 g/mol. The minimum absolute atomic E-state index is 0.195. The van der Waals surface area contributed by atoms with Gasteiger partial charge in [-0.15, -0.1) is 0 Å². The number of hydrogen-bond donors (Lipinski definition) is 1. The van der Waals surface area contributed by atoms with Crippen LogP contribution in [0.15, 0.2) is 42.5 Å². The zero-order chi connectivity index (χ0) is 17.8. The molecule has 5 atom stereocenters. The zero-order valence-corrected chi connectivity index (χ0v) is 14.7. The predicted molar refractivity (Wildman–Crippen MR) is 99.5 cm³/mol. The fourth-order valence-electron chi connectivity index (χ4n) is 5.82. The van der Waals surface area contributed by atoms with Gasteiger partial charge in [-0.05, 0) is 60.6 Å². The van der Waals surface area contributed by atoms with Crippen molar-refractivity contribution in [2.24, 2.45) is 17.8 Å². The molecule has 2 aromatic rings. The first-order valence-corrected chi connectivity index (χ1v) is 9.35. The van der Waals surface area contributed by atoms with Gasteiger partial charge in [0, 0.05) is 23.4 Å². The maximum atomic E-state index is 11.3. The highest BCUT2D eigenvalue weighted by atomic mass is 16.6. The van der Waals surface area contributed by atoms with Crippen molar-refractivity contribution in [1.29, 1.82) is 0 Å². The number of ether oxygens (including phenoxy) is 1. The lowest BCUT2D eigenvalue weighted by Gasteiger charge is -2.43.